The highest BCUT2D eigenvalue weighted by Gasteiger charge is 2.26. The SMILES string of the molecule is CC(C)Cn1c(N2CCN(c3ccccc3F)CC2)nc2c1c(=O)[nH]c(=O)n2C. The Hall–Kier alpha value is -3.10. The van der Waals surface area contributed by atoms with Crippen LogP contribution in [0.25, 0.3) is 11.2 Å². The summed E-state index contributed by atoms with van der Waals surface area (Å²) >= 11 is 0. The summed E-state index contributed by atoms with van der Waals surface area (Å²) in [5, 5.41) is 0. The first-order valence-electron chi connectivity index (χ1n) is 9.80. The van der Waals surface area contributed by atoms with Crippen LogP contribution in [0.2, 0.25) is 0 Å². The van der Waals surface area contributed by atoms with Crippen molar-refractivity contribution in [1.82, 2.24) is 19.1 Å². The zero-order valence-corrected chi connectivity index (χ0v) is 16.9. The van der Waals surface area contributed by atoms with E-state index in [1.54, 1.807) is 19.2 Å². The highest BCUT2D eigenvalue weighted by molar-refractivity contribution is 5.74. The van der Waals surface area contributed by atoms with Gasteiger partial charge in [0.2, 0.25) is 5.95 Å². The molecule has 0 unspecified atom stereocenters. The second-order valence-electron chi connectivity index (χ2n) is 7.83. The molecule has 3 aromatic rings. The van der Waals surface area contributed by atoms with Crippen LogP contribution in [0.4, 0.5) is 16.0 Å². The first-order chi connectivity index (χ1) is 13.9. The summed E-state index contributed by atoms with van der Waals surface area (Å²) in [5.74, 6) is 0.741. The van der Waals surface area contributed by atoms with Gasteiger partial charge in [-0.05, 0) is 18.1 Å². The molecule has 29 heavy (non-hydrogen) atoms. The van der Waals surface area contributed by atoms with Crippen LogP contribution in [0.1, 0.15) is 13.8 Å². The maximum absolute atomic E-state index is 14.1. The standard InChI is InChI=1S/C20H25FN6O2/c1-13(2)12-27-16-17(24(3)20(29)23-18(16)28)22-19(27)26-10-8-25(9-11-26)15-7-5-4-6-14(15)21/h4-7,13H,8-12H2,1-3H3,(H,23,28,29). The molecule has 8 nitrogen and oxygen atoms in total. The van der Waals surface area contributed by atoms with E-state index in [0.29, 0.717) is 61.4 Å². The summed E-state index contributed by atoms with van der Waals surface area (Å²) in [5.41, 5.74) is 0.486. The number of hydrogen-bond donors (Lipinski definition) is 1. The summed E-state index contributed by atoms with van der Waals surface area (Å²) in [4.78, 5) is 35.7. The fourth-order valence-electron chi connectivity index (χ4n) is 3.86. The summed E-state index contributed by atoms with van der Waals surface area (Å²) in [6.07, 6.45) is 0. The molecular formula is C20H25FN6O2. The smallest absolute Gasteiger partial charge is 0.329 e. The predicted octanol–water partition coefficient (Wildman–Crippen LogP) is 1.54. The lowest BCUT2D eigenvalue weighted by molar-refractivity contribution is 0.520. The van der Waals surface area contributed by atoms with Crippen LogP contribution in [-0.2, 0) is 13.6 Å². The molecule has 0 saturated carbocycles. The van der Waals surface area contributed by atoms with E-state index in [-0.39, 0.29) is 5.82 Å². The molecule has 0 aliphatic carbocycles. The zero-order chi connectivity index (χ0) is 20.7. The third kappa shape index (κ3) is 3.41. The van der Waals surface area contributed by atoms with Gasteiger partial charge in [-0.2, -0.15) is 4.98 Å². The normalized spacial score (nSPS) is 14.9. The second-order valence-corrected chi connectivity index (χ2v) is 7.83. The Balaban J connectivity index is 1.70. The first kappa shape index (κ1) is 19.2. The molecule has 1 aliphatic rings. The van der Waals surface area contributed by atoms with E-state index in [0.717, 1.165) is 0 Å². The van der Waals surface area contributed by atoms with Crippen LogP contribution in [0.5, 0.6) is 0 Å². The predicted molar refractivity (Wildman–Crippen MR) is 111 cm³/mol. The highest BCUT2D eigenvalue weighted by Crippen LogP contribution is 2.25. The van der Waals surface area contributed by atoms with E-state index < -0.39 is 11.2 Å². The minimum atomic E-state index is -0.479. The van der Waals surface area contributed by atoms with Gasteiger partial charge in [-0.3, -0.25) is 14.3 Å². The number of hydrogen-bond acceptors (Lipinski definition) is 5. The number of nitrogens with zero attached hydrogens (tertiary/aromatic N) is 5. The molecule has 1 aliphatic heterocycles. The van der Waals surface area contributed by atoms with E-state index in [2.05, 4.69) is 28.7 Å². The number of aryl methyl sites for hydroxylation is 1. The number of fused-ring (bicyclic) bond motifs is 1. The Labute approximate surface area is 167 Å². The monoisotopic (exact) mass is 400 g/mol. The quantitative estimate of drug-likeness (QED) is 0.719. The van der Waals surface area contributed by atoms with Gasteiger partial charge in [0, 0.05) is 39.8 Å². The van der Waals surface area contributed by atoms with Gasteiger partial charge in [0.25, 0.3) is 5.56 Å². The summed E-state index contributed by atoms with van der Waals surface area (Å²) in [7, 11) is 1.60. The number of para-hydroxylation sites is 1. The van der Waals surface area contributed by atoms with E-state index in [9.17, 15) is 14.0 Å². The Morgan fingerprint density at radius 2 is 1.76 bits per heavy atom. The third-order valence-corrected chi connectivity index (χ3v) is 5.29. The number of nitrogens with one attached hydrogen (secondary N) is 1. The van der Waals surface area contributed by atoms with Crippen molar-refractivity contribution >= 4 is 22.8 Å². The molecule has 0 atom stereocenters. The van der Waals surface area contributed by atoms with Gasteiger partial charge >= 0.3 is 5.69 Å². The van der Waals surface area contributed by atoms with Crippen molar-refractivity contribution in [2.45, 2.75) is 20.4 Å². The van der Waals surface area contributed by atoms with Gasteiger partial charge in [0.05, 0.1) is 5.69 Å². The van der Waals surface area contributed by atoms with Gasteiger partial charge in [0.1, 0.15) is 5.82 Å². The number of halogens is 1. The minimum Gasteiger partial charge on any atom is -0.366 e. The number of anilines is 2. The first-order valence-corrected chi connectivity index (χ1v) is 9.80. The topological polar surface area (TPSA) is 79.2 Å². The Bertz CT molecular complexity index is 1150. The van der Waals surface area contributed by atoms with Crippen molar-refractivity contribution in [2.75, 3.05) is 36.0 Å². The number of H-pyrrole nitrogens is 1. The molecule has 1 saturated heterocycles. The van der Waals surface area contributed by atoms with Crippen LogP contribution in [0.15, 0.2) is 33.9 Å². The van der Waals surface area contributed by atoms with Gasteiger partial charge in [-0.1, -0.05) is 26.0 Å². The van der Waals surface area contributed by atoms with E-state index in [1.807, 2.05) is 15.5 Å². The van der Waals surface area contributed by atoms with Gasteiger partial charge in [0.15, 0.2) is 11.2 Å². The lowest BCUT2D eigenvalue weighted by Crippen LogP contribution is -2.47. The van der Waals surface area contributed by atoms with Crippen molar-refractivity contribution in [3.05, 3.63) is 50.9 Å². The van der Waals surface area contributed by atoms with Crippen molar-refractivity contribution in [3.8, 4) is 0 Å². The van der Waals surface area contributed by atoms with Crippen LogP contribution < -0.4 is 21.0 Å². The zero-order valence-electron chi connectivity index (χ0n) is 16.9. The summed E-state index contributed by atoms with van der Waals surface area (Å²) < 4.78 is 17.4. The van der Waals surface area contributed by atoms with E-state index >= 15 is 0 Å². The molecule has 3 heterocycles. The number of benzene rings is 1. The lowest BCUT2D eigenvalue weighted by Gasteiger charge is -2.37. The average molecular weight is 400 g/mol. The molecule has 0 radical (unpaired) electrons. The lowest BCUT2D eigenvalue weighted by atomic mass is 10.2. The highest BCUT2D eigenvalue weighted by atomic mass is 19.1. The largest absolute Gasteiger partial charge is 0.366 e. The fraction of sp³-hybridized carbons (Fsp3) is 0.450. The molecule has 154 valence electrons. The maximum Gasteiger partial charge on any atom is 0.329 e. The average Bonchev–Trinajstić information content (AvgIpc) is 3.06. The van der Waals surface area contributed by atoms with Gasteiger partial charge < -0.3 is 14.4 Å². The fourth-order valence-corrected chi connectivity index (χ4v) is 3.86. The van der Waals surface area contributed by atoms with E-state index in [1.165, 1.54) is 10.6 Å². The molecule has 1 N–H and O–H groups in total. The molecule has 4 rings (SSSR count). The molecule has 9 heteroatoms. The molecule has 2 aromatic heterocycles. The van der Waals surface area contributed by atoms with Crippen molar-refractivity contribution in [3.63, 3.8) is 0 Å². The number of aromatic amines is 1. The molecule has 1 fully saturated rings. The second kappa shape index (κ2) is 7.38. The van der Waals surface area contributed by atoms with Crippen molar-refractivity contribution in [2.24, 2.45) is 13.0 Å². The summed E-state index contributed by atoms with van der Waals surface area (Å²) in [6, 6.07) is 6.77. The Kier molecular flexibility index (Phi) is 4.89. The maximum atomic E-state index is 14.1. The van der Waals surface area contributed by atoms with Crippen LogP contribution in [-0.4, -0.2) is 45.3 Å². The molecule has 0 spiro atoms. The van der Waals surface area contributed by atoms with Gasteiger partial charge in [-0.25, -0.2) is 9.18 Å². The third-order valence-electron chi connectivity index (χ3n) is 5.29. The van der Waals surface area contributed by atoms with Crippen LogP contribution >= 0.6 is 0 Å². The molecule has 0 bridgehead atoms. The van der Waals surface area contributed by atoms with Gasteiger partial charge in [-0.15, -0.1) is 0 Å². The molecule has 1 aromatic carbocycles. The van der Waals surface area contributed by atoms with Crippen molar-refractivity contribution in [1.29, 1.82) is 0 Å². The number of rotatable bonds is 4. The molecular weight excluding hydrogens is 375 g/mol. The van der Waals surface area contributed by atoms with Crippen LogP contribution in [0.3, 0.4) is 0 Å². The molecule has 0 amide bonds. The van der Waals surface area contributed by atoms with Crippen molar-refractivity contribution < 1.29 is 4.39 Å². The number of aromatic nitrogens is 4. The summed E-state index contributed by atoms with van der Waals surface area (Å²) in [6.45, 7) is 7.32. The number of piperazine rings is 1. The van der Waals surface area contributed by atoms with Crippen LogP contribution in [0, 0.1) is 11.7 Å². The van der Waals surface area contributed by atoms with E-state index in [4.69, 9.17) is 0 Å². The Morgan fingerprint density at radius 3 is 2.41 bits per heavy atom. The number of imidazole rings is 1. The minimum absolute atomic E-state index is 0.227. The Morgan fingerprint density at radius 1 is 1.10 bits per heavy atom.